The van der Waals surface area contributed by atoms with Crippen LogP contribution >= 0.6 is 23.2 Å². The Kier molecular flexibility index (Phi) is 4.81. The predicted octanol–water partition coefficient (Wildman–Crippen LogP) is 3.61. The van der Waals surface area contributed by atoms with Gasteiger partial charge in [0.05, 0.1) is 18.1 Å². The fraction of sp³-hybridized carbons (Fsp3) is 0.333. The Balaban J connectivity index is 1.91. The van der Waals surface area contributed by atoms with Crippen LogP contribution in [0.5, 0.6) is 0 Å². The maximum Gasteiger partial charge on any atom is 0.230 e. The zero-order chi connectivity index (χ0) is 17.4. The van der Waals surface area contributed by atoms with Crippen molar-refractivity contribution in [3.05, 3.63) is 63.4 Å². The molecule has 0 saturated carbocycles. The molecule has 1 aromatic heterocycles. The van der Waals surface area contributed by atoms with Crippen LogP contribution in [0.15, 0.2) is 36.7 Å². The van der Waals surface area contributed by atoms with E-state index >= 15 is 0 Å². The van der Waals surface area contributed by atoms with Gasteiger partial charge in [0.15, 0.2) is 0 Å². The third-order valence-electron chi connectivity index (χ3n) is 4.61. The molecule has 4 nitrogen and oxygen atoms in total. The highest BCUT2D eigenvalue weighted by molar-refractivity contribution is 6.35. The molecule has 126 valence electrons. The van der Waals surface area contributed by atoms with Crippen molar-refractivity contribution < 1.29 is 9.90 Å². The summed E-state index contributed by atoms with van der Waals surface area (Å²) in [4.78, 5) is 18.5. The number of rotatable bonds is 3. The van der Waals surface area contributed by atoms with Crippen molar-refractivity contribution in [3.8, 4) is 0 Å². The molecular weight excluding hydrogens is 347 g/mol. The number of aliphatic hydroxyl groups is 1. The monoisotopic (exact) mass is 364 g/mol. The van der Waals surface area contributed by atoms with Crippen LogP contribution in [-0.4, -0.2) is 34.0 Å². The first-order valence-corrected chi connectivity index (χ1v) is 8.48. The van der Waals surface area contributed by atoms with Gasteiger partial charge >= 0.3 is 0 Å². The fourth-order valence-electron chi connectivity index (χ4n) is 3.31. The number of amides is 1. The molecule has 1 aliphatic rings. The van der Waals surface area contributed by atoms with Crippen molar-refractivity contribution in [2.45, 2.75) is 31.4 Å². The third-order valence-corrected chi connectivity index (χ3v) is 5.17. The predicted molar refractivity (Wildman–Crippen MR) is 94.3 cm³/mol. The number of aromatic nitrogens is 1. The Hall–Kier alpha value is -1.62. The van der Waals surface area contributed by atoms with Gasteiger partial charge in [-0.3, -0.25) is 9.78 Å². The lowest BCUT2D eigenvalue weighted by molar-refractivity contribution is -0.135. The molecule has 0 bridgehead atoms. The molecule has 1 amide bonds. The van der Waals surface area contributed by atoms with E-state index in [0.29, 0.717) is 16.5 Å². The summed E-state index contributed by atoms with van der Waals surface area (Å²) in [6.45, 7) is 1.84. The van der Waals surface area contributed by atoms with E-state index in [1.165, 1.54) is 0 Å². The van der Waals surface area contributed by atoms with Gasteiger partial charge < -0.3 is 10.0 Å². The van der Waals surface area contributed by atoms with E-state index in [1.54, 1.807) is 42.5 Å². The zero-order valence-corrected chi connectivity index (χ0v) is 14.9. The van der Waals surface area contributed by atoms with Gasteiger partial charge in [0.1, 0.15) is 0 Å². The van der Waals surface area contributed by atoms with Gasteiger partial charge in [-0.2, -0.15) is 0 Å². The number of carbonyl (C=O) groups is 1. The second kappa shape index (κ2) is 6.71. The van der Waals surface area contributed by atoms with Crippen molar-refractivity contribution in [1.29, 1.82) is 0 Å². The minimum atomic E-state index is -0.703. The second-order valence-electron chi connectivity index (χ2n) is 6.13. The van der Waals surface area contributed by atoms with E-state index < -0.39 is 12.1 Å². The summed E-state index contributed by atoms with van der Waals surface area (Å²) >= 11 is 12.3. The number of pyridine rings is 1. The highest BCUT2D eigenvalue weighted by Gasteiger charge is 2.38. The number of carbonyl (C=O) groups excluding carboxylic acids is 1. The SMILES string of the molecule is CC(C(=O)N(C)C1c2cc(Cl)cc(Cl)c2CC1O)c1cccnc1. The molecule has 1 heterocycles. The molecule has 2 aromatic rings. The average Bonchev–Trinajstić information content (AvgIpc) is 2.90. The maximum atomic E-state index is 12.9. The summed E-state index contributed by atoms with van der Waals surface area (Å²) in [5.74, 6) is -0.439. The highest BCUT2D eigenvalue weighted by atomic mass is 35.5. The Morgan fingerprint density at radius 2 is 2.17 bits per heavy atom. The van der Waals surface area contributed by atoms with Crippen LogP contribution < -0.4 is 0 Å². The Labute approximate surface area is 151 Å². The van der Waals surface area contributed by atoms with Crippen LogP contribution in [0.25, 0.3) is 0 Å². The number of benzene rings is 1. The summed E-state index contributed by atoms with van der Waals surface area (Å²) in [5, 5.41) is 11.5. The number of likely N-dealkylation sites (N-methyl/N-ethyl adjacent to an activating group) is 1. The van der Waals surface area contributed by atoms with E-state index in [4.69, 9.17) is 23.2 Å². The maximum absolute atomic E-state index is 12.9. The smallest absolute Gasteiger partial charge is 0.230 e. The van der Waals surface area contributed by atoms with Gasteiger partial charge in [-0.05, 0) is 41.8 Å². The Morgan fingerprint density at radius 1 is 1.42 bits per heavy atom. The van der Waals surface area contributed by atoms with Gasteiger partial charge in [0.2, 0.25) is 5.91 Å². The average molecular weight is 365 g/mol. The van der Waals surface area contributed by atoms with Crippen LogP contribution in [0.2, 0.25) is 10.0 Å². The summed E-state index contributed by atoms with van der Waals surface area (Å²) in [6.07, 6.45) is 3.06. The molecule has 0 spiro atoms. The van der Waals surface area contributed by atoms with Crippen molar-refractivity contribution >= 4 is 29.1 Å². The molecule has 1 N–H and O–H groups in total. The van der Waals surface area contributed by atoms with Crippen LogP contribution in [-0.2, 0) is 11.2 Å². The molecule has 3 atom stereocenters. The van der Waals surface area contributed by atoms with E-state index in [9.17, 15) is 9.90 Å². The number of nitrogens with zero attached hydrogens (tertiary/aromatic N) is 2. The number of aliphatic hydroxyl groups excluding tert-OH is 1. The van der Waals surface area contributed by atoms with Crippen LogP contribution in [0.3, 0.4) is 0 Å². The van der Waals surface area contributed by atoms with Crippen molar-refractivity contribution in [2.75, 3.05) is 7.05 Å². The van der Waals surface area contributed by atoms with E-state index in [-0.39, 0.29) is 11.8 Å². The number of hydrogen-bond donors (Lipinski definition) is 1. The molecule has 0 fully saturated rings. The van der Waals surface area contributed by atoms with Crippen molar-refractivity contribution in [3.63, 3.8) is 0 Å². The molecule has 6 heteroatoms. The van der Waals surface area contributed by atoms with Crippen LogP contribution in [0.1, 0.15) is 35.6 Å². The molecule has 0 aliphatic heterocycles. The molecule has 3 unspecified atom stereocenters. The molecule has 0 saturated heterocycles. The third kappa shape index (κ3) is 3.02. The number of hydrogen-bond acceptors (Lipinski definition) is 3. The second-order valence-corrected chi connectivity index (χ2v) is 6.97. The first kappa shape index (κ1) is 17.2. The summed E-state index contributed by atoms with van der Waals surface area (Å²) in [6, 6.07) is 6.66. The van der Waals surface area contributed by atoms with E-state index in [2.05, 4.69) is 4.98 Å². The first-order valence-electron chi connectivity index (χ1n) is 7.72. The van der Waals surface area contributed by atoms with Crippen molar-refractivity contribution in [1.82, 2.24) is 9.88 Å². The van der Waals surface area contributed by atoms with Gasteiger partial charge in [0.25, 0.3) is 0 Å². The minimum absolute atomic E-state index is 0.0870. The normalized spacial score (nSPS) is 20.5. The molecule has 0 radical (unpaired) electrons. The largest absolute Gasteiger partial charge is 0.390 e. The summed E-state index contributed by atoms with van der Waals surface area (Å²) < 4.78 is 0. The lowest BCUT2D eigenvalue weighted by Gasteiger charge is -2.30. The van der Waals surface area contributed by atoms with E-state index in [1.807, 2.05) is 13.0 Å². The Bertz CT molecular complexity index is 767. The quantitative estimate of drug-likeness (QED) is 0.904. The lowest BCUT2D eigenvalue weighted by Crippen LogP contribution is -2.38. The fourth-order valence-corrected chi connectivity index (χ4v) is 3.90. The molecule has 1 aliphatic carbocycles. The number of halogens is 2. The van der Waals surface area contributed by atoms with Crippen molar-refractivity contribution in [2.24, 2.45) is 0 Å². The van der Waals surface area contributed by atoms with Gasteiger partial charge in [0, 0.05) is 35.9 Å². The highest BCUT2D eigenvalue weighted by Crippen LogP contribution is 2.41. The minimum Gasteiger partial charge on any atom is -0.390 e. The van der Waals surface area contributed by atoms with E-state index in [0.717, 1.165) is 16.7 Å². The summed E-state index contributed by atoms with van der Waals surface area (Å²) in [7, 11) is 1.70. The van der Waals surface area contributed by atoms with Gasteiger partial charge in [-0.1, -0.05) is 29.3 Å². The van der Waals surface area contributed by atoms with Gasteiger partial charge in [-0.25, -0.2) is 0 Å². The Morgan fingerprint density at radius 3 is 2.83 bits per heavy atom. The number of fused-ring (bicyclic) bond motifs is 1. The first-order chi connectivity index (χ1) is 11.4. The topological polar surface area (TPSA) is 53.4 Å². The zero-order valence-electron chi connectivity index (χ0n) is 13.4. The standard InChI is InChI=1S/C18H18Cl2N2O2/c1-10(11-4-3-5-21-9-11)18(24)22(2)17-14-6-12(19)7-15(20)13(14)8-16(17)23/h3-7,9-10,16-17,23H,8H2,1-2H3. The molecule has 1 aromatic carbocycles. The van der Waals surface area contributed by atoms with Crippen LogP contribution in [0.4, 0.5) is 0 Å². The van der Waals surface area contributed by atoms with Crippen LogP contribution in [0, 0.1) is 0 Å². The molecular formula is C18H18Cl2N2O2. The van der Waals surface area contributed by atoms with Gasteiger partial charge in [-0.15, -0.1) is 0 Å². The lowest BCUT2D eigenvalue weighted by atomic mass is 9.99. The summed E-state index contributed by atoms with van der Waals surface area (Å²) in [5.41, 5.74) is 2.51. The molecule has 3 rings (SSSR count). The molecule has 24 heavy (non-hydrogen) atoms.